The number of hydrogen-bond donors (Lipinski definition) is 1. The Morgan fingerprint density at radius 1 is 1.19 bits per heavy atom. The zero-order valence-corrected chi connectivity index (χ0v) is 14.9. The maximum absolute atomic E-state index is 6.14. The molecule has 21 heavy (non-hydrogen) atoms. The molecule has 0 saturated heterocycles. The predicted molar refractivity (Wildman–Crippen MR) is 89.2 cm³/mol. The first-order valence-corrected chi connectivity index (χ1v) is 8.84. The molecule has 118 valence electrons. The summed E-state index contributed by atoms with van der Waals surface area (Å²) in [5.74, 6) is 1.78. The molecule has 2 N–H and O–H groups in total. The van der Waals surface area contributed by atoms with Gasteiger partial charge in [0.2, 0.25) is 0 Å². The number of rotatable bonds is 6. The van der Waals surface area contributed by atoms with Crippen molar-refractivity contribution in [3.63, 3.8) is 0 Å². The molecule has 5 heteroatoms. The molecule has 0 atom stereocenters. The van der Waals surface area contributed by atoms with Crippen LogP contribution in [0, 0.1) is 0 Å². The van der Waals surface area contributed by atoms with Crippen LogP contribution < -0.4 is 5.73 Å². The standard InChI is InChI=1S/C16H26BrN3O/c1-4-16(5-2,21-6-3)15-19-13(11-9-7-8-10-11)12(17)14(18)20-15/h11H,4-10H2,1-3H3,(H2,18,19,20). The summed E-state index contributed by atoms with van der Waals surface area (Å²) >= 11 is 3.58. The Bertz CT molecular complexity index is 483. The molecule has 1 saturated carbocycles. The number of ether oxygens (including phenoxy) is 1. The molecule has 1 aliphatic carbocycles. The Labute approximate surface area is 136 Å². The van der Waals surface area contributed by atoms with Crippen molar-refractivity contribution in [2.24, 2.45) is 0 Å². The van der Waals surface area contributed by atoms with Gasteiger partial charge >= 0.3 is 0 Å². The van der Waals surface area contributed by atoms with Gasteiger partial charge in [-0.25, -0.2) is 9.97 Å². The third-order valence-corrected chi connectivity index (χ3v) is 5.43. The Kier molecular flexibility index (Phi) is 5.60. The maximum Gasteiger partial charge on any atom is 0.162 e. The summed E-state index contributed by atoms with van der Waals surface area (Å²) in [6.07, 6.45) is 6.62. The molecular formula is C16H26BrN3O. The fourth-order valence-corrected chi connectivity index (χ4v) is 3.77. The lowest BCUT2D eigenvalue weighted by Crippen LogP contribution is -2.32. The average Bonchev–Trinajstić information content (AvgIpc) is 3.01. The molecule has 0 radical (unpaired) electrons. The number of hydrogen-bond acceptors (Lipinski definition) is 4. The summed E-state index contributed by atoms with van der Waals surface area (Å²) in [5.41, 5.74) is 6.79. The van der Waals surface area contributed by atoms with E-state index in [0.717, 1.165) is 28.8 Å². The second kappa shape index (κ2) is 7.05. The monoisotopic (exact) mass is 355 g/mol. The van der Waals surface area contributed by atoms with E-state index in [1.54, 1.807) is 0 Å². The molecule has 1 fully saturated rings. The van der Waals surface area contributed by atoms with Crippen molar-refractivity contribution in [1.29, 1.82) is 0 Å². The van der Waals surface area contributed by atoms with Crippen LogP contribution in [0.5, 0.6) is 0 Å². The molecule has 1 heterocycles. The van der Waals surface area contributed by atoms with Gasteiger partial charge in [-0.15, -0.1) is 0 Å². The fraction of sp³-hybridized carbons (Fsp3) is 0.750. The molecule has 0 spiro atoms. The third-order valence-electron chi connectivity index (χ3n) is 4.61. The molecule has 4 nitrogen and oxygen atoms in total. The Morgan fingerprint density at radius 3 is 2.33 bits per heavy atom. The summed E-state index contributed by atoms with van der Waals surface area (Å²) < 4.78 is 6.90. The van der Waals surface area contributed by atoms with Crippen LogP contribution in [0.15, 0.2) is 4.47 Å². The highest BCUT2D eigenvalue weighted by atomic mass is 79.9. The minimum atomic E-state index is -0.420. The highest BCUT2D eigenvalue weighted by Gasteiger charge is 2.34. The van der Waals surface area contributed by atoms with E-state index in [-0.39, 0.29) is 0 Å². The van der Waals surface area contributed by atoms with E-state index in [4.69, 9.17) is 15.5 Å². The largest absolute Gasteiger partial charge is 0.383 e. The molecule has 0 bridgehead atoms. The summed E-state index contributed by atoms with van der Waals surface area (Å²) in [6, 6.07) is 0. The predicted octanol–water partition coefficient (Wildman–Crippen LogP) is 4.53. The quantitative estimate of drug-likeness (QED) is 0.813. The lowest BCUT2D eigenvalue weighted by Gasteiger charge is -2.31. The zero-order valence-electron chi connectivity index (χ0n) is 13.3. The first kappa shape index (κ1) is 16.7. The van der Waals surface area contributed by atoms with Crippen molar-refractivity contribution >= 4 is 21.7 Å². The second-order valence-corrected chi connectivity index (χ2v) is 6.54. The van der Waals surface area contributed by atoms with Crippen molar-refractivity contribution in [2.75, 3.05) is 12.3 Å². The first-order chi connectivity index (χ1) is 10.1. The average molecular weight is 356 g/mol. The highest BCUT2D eigenvalue weighted by molar-refractivity contribution is 9.10. The fourth-order valence-electron chi connectivity index (χ4n) is 3.27. The summed E-state index contributed by atoms with van der Waals surface area (Å²) in [7, 11) is 0. The number of aromatic nitrogens is 2. The number of nitrogens with two attached hydrogens (primary N) is 1. The number of halogens is 1. The number of anilines is 1. The van der Waals surface area contributed by atoms with E-state index in [9.17, 15) is 0 Å². The molecule has 0 aliphatic heterocycles. The smallest absolute Gasteiger partial charge is 0.162 e. The van der Waals surface area contributed by atoms with E-state index >= 15 is 0 Å². The van der Waals surface area contributed by atoms with Crippen molar-refractivity contribution in [3.05, 3.63) is 16.0 Å². The van der Waals surface area contributed by atoms with Gasteiger partial charge in [0.1, 0.15) is 11.4 Å². The molecule has 0 unspecified atom stereocenters. The Hall–Kier alpha value is -0.680. The van der Waals surface area contributed by atoms with Crippen molar-refractivity contribution < 1.29 is 4.74 Å². The molecule has 1 aromatic heterocycles. The Balaban J connectivity index is 2.48. The lowest BCUT2D eigenvalue weighted by molar-refractivity contribution is -0.0572. The lowest BCUT2D eigenvalue weighted by atomic mass is 9.95. The molecule has 0 aromatic carbocycles. The Morgan fingerprint density at radius 2 is 1.81 bits per heavy atom. The van der Waals surface area contributed by atoms with Crippen molar-refractivity contribution in [1.82, 2.24) is 9.97 Å². The van der Waals surface area contributed by atoms with Crippen LogP contribution in [-0.2, 0) is 10.3 Å². The normalized spacial score (nSPS) is 16.6. The van der Waals surface area contributed by atoms with Crippen LogP contribution in [0.25, 0.3) is 0 Å². The van der Waals surface area contributed by atoms with E-state index in [0.29, 0.717) is 18.3 Å². The second-order valence-electron chi connectivity index (χ2n) is 5.75. The molecule has 2 rings (SSSR count). The first-order valence-electron chi connectivity index (χ1n) is 8.05. The summed E-state index contributed by atoms with van der Waals surface area (Å²) in [6.45, 7) is 6.91. The molecule has 0 amide bonds. The van der Waals surface area contributed by atoms with Crippen molar-refractivity contribution in [3.8, 4) is 0 Å². The van der Waals surface area contributed by atoms with Crippen LogP contribution >= 0.6 is 15.9 Å². The van der Waals surface area contributed by atoms with Crippen LogP contribution in [0.3, 0.4) is 0 Å². The maximum atomic E-state index is 6.14. The van der Waals surface area contributed by atoms with Gasteiger partial charge in [-0.05, 0) is 48.5 Å². The number of nitrogens with zero attached hydrogens (tertiary/aromatic N) is 2. The van der Waals surface area contributed by atoms with E-state index in [1.807, 2.05) is 6.92 Å². The minimum Gasteiger partial charge on any atom is -0.383 e. The van der Waals surface area contributed by atoms with Gasteiger partial charge in [0.15, 0.2) is 5.82 Å². The topological polar surface area (TPSA) is 61.0 Å². The molecular weight excluding hydrogens is 330 g/mol. The van der Waals surface area contributed by atoms with Crippen LogP contribution in [-0.4, -0.2) is 16.6 Å². The van der Waals surface area contributed by atoms with Crippen LogP contribution in [0.4, 0.5) is 5.82 Å². The van der Waals surface area contributed by atoms with Crippen LogP contribution in [0.2, 0.25) is 0 Å². The highest BCUT2D eigenvalue weighted by Crippen LogP contribution is 2.40. The van der Waals surface area contributed by atoms with Gasteiger partial charge in [-0.2, -0.15) is 0 Å². The van der Waals surface area contributed by atoms with E-state index in [1.165, 1.54) is 25.7 Å². The van der Waals surface area contributed by atoms with Gasteiger partial charge in [-0.1, -0.05) is 26.7 Å². The summed E-state index contributed by atoms with van der Waals surface area (Å²) in [4.78, 5) is 9.42. The van der Waals surface area contributed by atoms with Gasteiger partial charge < -0.3 is 10.5 Å². The van der Waals surface area contributed by atoms with E-state index < -0.39 is 5.60 Å². The SMILES string of the molecule is CCOC(CC)(CC)c1nc(N)c(Br)c(C2CCCC2)n1. The minimum absolute atomic E-state index is 0.420. The molecule has 1 aliphatic rings. The van der Waals surface area contributed by atoms with Gasteiger partial charge in [-0.3, -0.25) is 0 Å². The van der Waals surface area contributed by atoms with E-state index in [2.05, 4.69) is 34.8 Å². The van der Waals surface area contributed by atoms with Crippen molar-refractivity contribution in [2.45, 2.75) is 70.8 Å². The van der Waals surface area contributed by atoms with Gasteiger partial charge in [0.25, 0.3) is 0 Å². The van der Waals surface area contributed by atoms with Crippen LogP contribution in [0.1, 0.15) is 76.7 Å². The molecule has 1 aromatic rings. The van der Waals surface area contributed by atoms with Gasteiger partial charge in [0.05, 0.1) is 10.2 Å². The number of nitrogen functional groups attached to an aromatic ring is 1. The third kappa shape index (κ3) is 3.24. The van der Waals surface area contributed by atoms with Gasteiger partial charge in [0, 0.05) is 12.5 Å². The summed E-state index contributed by atoms with van der Waals surface area (Å²) in [5, 5.41) is 0. The zero-order chi connectivity index (χ0) is 15.5.